The molecule has 0 aliphatic heterocycles. The van der Waals surface area contributed by atoms with Gasteiger partial charge in [-0.25, -0.2) is 0 Å². The Kier molecular flexibility index (Phi) is 5.03. The van der Waals surface area contributed by atoms with Gasteiger partial charge in [-0.05, 0) is 38.5 Å². The lowest BCUT2D eigenvalue weighted by Crippen LogP contribution is -2.22. The zero-order chi connectivity index (χ0) is 17.3. The molecule has 0 bridgehead atoms. The molecule has 0 saturated heterocycles. The zero-order valence-electron chi connectivity index (χ0n) is 14.5. The Hall–Kier alpha value is -1.97. The van der Waals surface area contributed by atoms with Crippen LogP contribution in [-0.4, -0.2) is 23.1 Å². The van der Waals surface area contributed by atoms with Gasteiger partial charge in [0.2, 0.25) is 0 Å². The molecule has 0 amide bonds. The predicted molar refractivity (Wildman–Crippen MR) is 90.4 cm³/mol. The molecule has 2 rings (SSSR count). The van der Waals surface area contributed by atoms with Crippen LogP contribution in [0.2, 0.25) is 0 Å². The molecule has 0 aromatic heterocycles. The van der Waals surface area contributed by atoms with Crippen molar-refractivity contribution >= 4 is 5.78 Å². The van der Waals surface area contributed by atoms with Gasteiger partial charge in [0.25, 0.3) is 0 Å². The first-order valence-corrected chi connectivity index (χ1v) is 8.08. The molecule has 0 radical (unpaired) electrons. The molecule has 1 aliphatic rings. The highest BCUT2D eigenvalue weighted by molar-refractivity contribution is 6.00. The van der Waals surface area contributed by atoms with Crippen molar-refractivity contribution in [1.82, 2.24) is 0 Å². The molecule has 23 heavy (non-hydrogen) atoms. The second-order valence-corrected chi connectivity index (χ2v) is 6.78. The van der Waals surface area contributed by atoms with Crippen molar-refractivity contribution in [3.05, 3.63) is 28.8 Å². The number of phenolic OH excluding ortho intramolecular Hbond substituents is 2. The molecule has 2 atom stereocenters. The third-order valence-electron chi connectivity index (χ3n) is 4.84. The van der Waals surface area contributed by atoms with Gasteiger partial charge in [-0.3, -0.25) is 4.79 Å². The number of allylic oxidation sites excluding steroid dienone is 2. The number of hydrogen-bond donors (Lipinski definition) is 2. The van der Waals surface area contributed by atoms with Crippen molar-refractivity contribution in [3.63, 3.8) is 0 Å². The third-order valence-corrected chi connectivity index (χ3v) is 4.84. The van der Waals surface area contributed by atoms with Gasteiger partial charge in [0.1, 0.15) is 22.8 Å². The molecule has 0 fully saturated rings. The molecule has 0 unspecified atom stereocenters. The van der Waals surface area contributed by atoms with Crippen molar-refractivity contribution in [2.75, 3.05) is 7.11 Å². The number of aromatic hydroxyl groups is 2. The van der Waals surface area contributed by atoms with Crippen molar-refractivity contribution in [2.24, 2.45) is 11.8 Å². The Morgan fingerprint density at radius 3 is 2.52 bits per heavy atom. The summed E-state index contributed by atoms with van der Waals surface area (Å²) in [6.07, 6.45) is 4.23. The van der Waals surface area contributed by atoms with E-state index < -0.39 is 0 Å². The molecule has 1 aliphatic carbocycles. The first kappa shape index (κ1) is 17.4. The summed E-state index contributed by atoms with van der Waals surface area (Å²) in [5, 5.41) is 20.7. The number of Topliss-reactive ketones (excluding diaryl/α,β-unsaturated/α-hetero) is 1. The lowest BCUT2D eigenvalue weighted by molar-refractivity contribution is 0.101. The van der Waals surface area contributed by atoms with Gasteiger partial charge >= 0.3 is 0 Å². The van der Waals surface area contributed by atoms with E-state index in [9.17, 15) is 15.0 Å². The molecule has 1 aromatic rings. The quantitative estimate of drug-likeness (QED) is 0.637. The normalized spacial score (nSPS) is 21.2. The van der Waals surface area contributed by atoms with E-state index in [4.69, 9.17) is 4.74 Å². The second kappa shape index (κ2) is 6.65. The lowest BCUT2D eigenvalue weighted by atomic mass is 9.71. The molecular weight excluding hydrogens is 292 g/mol. The van der Waals surface area contributed by atoms with Crippen molar-refractivity contribution in [3.8, 4) is 17.2 Å². The van der Waals surface area contributed by atoms with E-state index in [2.05, 4.69) is 26.8 Å². The molecule has 0 heterocycles. The number of benzene rings is 1. The van der Waals surface area contributed by atoms with E-state index in [0.29, 0.717) is 23.1 Å². The highest BCUT2D eigenvalue weighted by Crippen LogP contribution is 2.49. The summed E-state index contributed by atoms with van der Waals surface area (Å²) in [7, 11) is 1.51. The van der Waals surface area contributed by atoms with Gasteiger partial charge in [0, 0.05) is 17.5 Å². The SMILES string of the molecule is COc1cc(O)c(C(C)=O)c(O)c1[C@H]1C=C(C)CC[C@@H]1C(C)C. The Morgan fingerprint density at radius 2 is 2.00 bits per heavy atom. The molecule has 126 valence electrons. The van der Waals surface area contributed by atoms with Crippen LogP contribution in [0.3, 0.4) is 0 Å². The Labute approximate surface area is 137 Å². The van der Waals surface area contributed by atoms with E-state index in [1.165, 1.54) is 25.7 Å². The van der Waals surface area contributed by atoms with Crippen LogP contribution in [-0.2, 0) is 0 Å². The van der Waals surface area contributed by atoms with Gasteiger partial charge in [0.15, 0.2) is 5.78 Å². The maximum absolute atomic E-state index is 11.8. The number of phenols is 2. The summed E-state index contributed by atoms with van der Waals surface area (Å²) in [6, 6.07) is 1.43. The van der Waals surface area contributed by atoms with E-state index in [-0.39, 0.29) is 28.8 Å². The van der Waals surface area contributed by atoms with E-state index in [1.54, 1.807) is 0 Å². The minimum Gasteiger partial charge on any atom is -0.507 e. The number of carbonyl (C=O) groups is 1. The average Bonchev–Trinajstić information content (AvgIpc) is 2.45. The smallest absolute Gasteiger partial charge is 0.167 e. The summed E-state index contributed by atoms with van der Waals surface area (Å²) < 4.78 is 5.40. The fourth-order valence-corrected chi connectivity index (χ4v) is 3.62. The van der Waals surface area contributed by atoms with Crippen LogP contribution in [0, 0.1) is 11.8 Å². The topological polar surface area (TPSA) is 66.8 Å². The number of ketones is 1. The first-order chi connectivity index (χ1) is 10.8. The number of carbonyl (C=O) groups excluding carboxylic acids is 1. The van der Waals surface area contributed by atoms with Gasteiger partial charge < -0.3 is 14.9 Å². The van der Waals surface area contributed by atoms with Crippen LogP contribution in [0.4, 0.5) is 0 Å². The summed E-state index contributed by atoms with van der Waals surface area (Å²) in [5.74, 6) is 0.417. The Balaban J connectivity index is 2.71. The Morgan fingerprint density at radius 1 is 1.35 bits per heavy atom. The zero-order valence-corrected chi connectivity index (χ0v) is 14.5. The largest absolute Gasteiger partial charge is 0.507 e. The molecule has 0 spiro atoms. The van der Waals surface area contributed by atoms with Crippen LogP contribution in [0.15, 0.2) is 17.7 Å². The number of methoxy groups -OCH3 is 1. The second-order valence-electron chi connectivity index (χ2n) is 6.78. The van der Waals surface area contributed by atoms with Gasteiger partial charge in [-0.2, -0.15) is 0 Å². The Bertz CT molecular complexity index is 643. The van der Waals surface area contributed by atoms with Crippen LogP contribution in [0.5, 0.6) is 17.2 Å². The fourth-order valence-electron chi connectivity index (χ4n) is 3.62. The monoisotopic (exact) mass is 318 g/mol. The summed E-state index contributed by atoms with van der Waals surface area (Å²) in [6.45, 7) is 7.76. The minimum atomic E-state index is -0.360. The number of hydrogen-bond acceptors (Lipinski definition) is 4. The molecule has 2 N–H and O–H groups in total. The van der Waals surface area contributed by atoms with E-state index >= 15 is 0 Å². The standard InChI is InChI=1S/C19H26O4/c1-10(2)13-7-6-11(3)8-14(13)18-16(23-5)9-15(21)17(12(4)20)19(18)22/h8-10,13-14,21-22H,6-7H2,1-5H3/t13-,14+/m1/s1. The summed E-state index contributed by atoms with van der Waals surface area (Å²) in [4.78, 5) is 11.8. The minimum absolute atomic E-state index is 0.0278. The van der Waals surface area contributed by atoms with Gasteiger partial charge in [-0.15, -0.1) is 0 Å². The molecular formula is C19H26O4. The van der Waals surface area contributed by atoms with E-state index in [1.807, 2.05) is 0 Å². The number of rotatable bonds is 4. The molecule has 4 nitrogen and oxygen atoms in total. The fraction of sp³-hybridized carbons (Fsp3) is 0.526. The van der Waals surface area contributed by atoms with Crippen molar-refractivity contribution in [1.29, 1.82) is 0 Å². The van der Waals surface area contributed by atoms with Crippen molar-refractivity contribution in [2.45, 2.75) is 46.5 Å². The highest BCUT2D eigenvalue weighted by atomic mass is 16.5. The molecule has 1 aromatic carbocycles. The van der Waals surface area contributed by atoms with E-state index in [0.717, 1.165) is 12.8 Å². The third kappa shape index (κ3) is 3.21. The summed E-state index contributed by atoms with van der Waals surface area (Å²) >= 11 is 0. The highest BCUT2D eigenvalue weighted by Gasteiger charge is 2.33. The summed E-state index contributed by atoms with van der Waals surface area (Å²) in [5.41, 5.74) is 1.85. The maximum Gasteiger partial charge on any atom is 0.167 e. The van der Waals surface area contributed by atoms with Crippen molar-refractivity contribution < 1.29 is 19.7 Å². The molecule has 0 saturated carbocycles. The van der Waals surface area contributed by atoms with Gasteiger partial charge in [-0.1, -0.05) is 25.5 Å². The number of ether oxygens (including phenoxy) is 1. The molecule has 4 heteroatoms. The van der Waals surface area contributed by atoms with Crippen LogP contribution in [0.1, 0.15) is 62.4 Å². The maximum atomic E-state index is 11.8. The van der Waals surface area contributed by atoms with Gasteiger partial charge in [0.05, 0.1) is 7.11 Å². The predicted octanol–water partition coefficient (Wildman–Crippen LogP) is 4.40. The lowest BCUT2D eigenvalue weighted by Gasteiger charge is -2.34. The van der Waals surface area contributed by atoms with Crippen LogP contribution >= 0.6 is 0 Å². The average molecular weight is 318 g/mol. The van der Waals surface area contributed by atoms with Crippen LogP contribution < -0.4 is 4.74 Å². The van der Waals surface area contributed by atoms with Crippen LogP contribution in [0.25, 0.3) is 0 Å². The first-order valence-electron chi connectivity index (χ1n) is 8.08.